The van der Waals surface area contributed by atoms with Gasteiger partial charge in [-0.25, -0.2) is 0 Å². The molecule has 0 radical (unpaired) electrons. The van der Waals surface area contributed by atoms with Crippen LogP contribution in [0.3, 0.4) is 0 Å². The fourth-order valence-electron chi connectivity index (χ4n) is 1.93. The summed E-state index contributed by atoms with van der Waals surface area (Å²) in [5.41, 5.74) is 0. The maximum atomic E-state index is 10.4. The van der Waals surface area contributed by atoms with E-state index in [2.05, 4.69) is 19.1 Å². The van der Waals surface area contributed by atoms with Crippen molar-refractivity contribution in [3.05, 3.63) is 12.2 Å². The van der Waals surface area contributed by atoms with Crippen molar-refractivity contribution in [2.75, 3.05) is 0 Å². The standard InChI is InChI=1S/C11H18O/c1-2-3-5-10-6-4-7-11(10)8-9-12/h4,6,9-11H,2-3,5,7-8H2,1H3/t10-,11-/m1/s1. The van der Waals surface area contributed by atoms with Gasteiger partial charge in [-0.2, -0.15) is 0 Å². The highest BCUT2D eigenvalue weighted by Gasteiger charge is 2.21. The van der Waals surface area contributed by atoms with Gasteiger partial charge in [0.2, 0.25) is 0 Å². The van der Waals surface area contributed by atoms with Crippen molar-refractivity contribution in [3.63, 3.8) is 0 Å². The second-order valence-electron chi connectivity index (χ2n) is 3.63. The van der Waals surface area contributed by atoms with E-state index in [1.165, 1.54) is 19.3 Å². The number of aldehydes is 1. The summed E-state index contributed by atoms with van der Waals surface area (Å²) in [4.78, 5) is 10.4. The molecule has 0 bridgehead atoms. The third-order valence-electron chi connectivity index (χ3n) is 2.72. The van der Waals surface area contributed by atoms with E-state index in [9.17, 15) is 4.79 Å². The Balaban J connectivity index is 2.29. The molecule has 1 aliphatic rings. The van der Waals surface area contributed by atoms with E-state index >= 15 is 0 Å². The van der Waals surface area contributed by atoms with Gasteiger partial charge in [0.15, 0.2) is 0 Å². The molecule has 0 unspecified atom stereocenters. The molecule has 68 valence electrons. The summed E-state index contributed by atoms with van der Waals surface area (Å²) in [6, 6.07) is 0. The zero-order chi connectivity index (χ0) is 8.81. The molecule has 0 aromatic rings. The molecule has 0 amide bonds. The quantitative estimate of drug-likeness (QED) is 0.453. The van der Waals surface area contributed by atoms with Crippen LogP contribution in [-0.2, 0) is 4.79 Å². The van der Waals surface area contributed by atoms with Gasteiger partial charge in [0.25, 0.3) is 0 Å². The van der Waals surface area contributed by atoms with Crippen LogP contribution in [0.15, 0.2) is 12.2 Å². The summed E-state index contributed by atoms with van der Waals surface area (Å²) in [6.45, 7) is 2.22. The van der Waals surface area contributed by atoms with Crippen LogP contribution in [0.25, 0.3) is 0 Å². The summed E-state index contributed by atoms with van der Waals surface area (Å²) >= 11 is 0. The molecule has 2 atom stereocenters. The Kier molecular flexibility index (Phi) is 4.06. The lowest BCUT2D eigenvalue weighted by Gasteiger charge is -2.15. The molecule has 0 spiro atoms. The highest BCUT2D eigenvalue weighted by molar-refractivity contribution is 5.50. The predicted octanol–water partition coefficient (Wildman–Crippen LogP) is 2.96. The van der Waals surface area contributed by atoms with E-state index in [1.807, 2.05) is 0 Å². The highest BCUT2D eigenvalue weighted by Crippen LogP contribution is 2.31. The van der Waals surface area contributed by atoms with Crippen LogP contribution in [0.2, 0.25) is 0 Å². The van der Waals surface area contributed by atoms with Crippen LogP contribution < -0.4 is 0 Å². The van der Waals surface area contributed by atoms with Crippen LogP contribution in [0.1, 0.15) is 39.0 Å². The smallest absolute Gasteiger partial charge is 0.120 e. The first-order chi connectivity index (χ1) is 5.88. The topological polar surface area (TPSA) is 17.1 Å². The average Bonchev–Trinajstić information content (AvgIpc) is 2.50. The third-order valence-corrected chi connectivity index (χ3v) is 2.72. The van der Waals surface area contributed by atoms with Crippen molar-refractivity contribution in [2.24, 2.45) is 11.8 Å². The zero-order valence-electron chi connectivity index (χ0n) is 7.83. The molecule has 1 heteroatoms. The third kappa shape index (κ3) is 2.47. The van der Waals surface area contributed by atoms with Crippen molar-refractivity contribution >= 4 is 6.29 Å². The van der Waals surface area contributed by atoms with E-state index in [-0.39, 0.29) is 0 Å². The van der Waals surface area contributed by atoms with E-state index < -0.39 is 0 Å². The Bertz CT molecular complexity index is 160. The van der Waals surface area contributed by atoms with Crippen LogP contribution in [0, 0.1) is 11.8 Å². The zero-order valence-corrected chi connectivity index (χ0v) is 7.83. The molecule has 1 rings (SSSR count). The second-order valence-corrected chi connectivity index (χ2v) is 3.63. The molecule has 1 nitrogen and oxygen atoms in total. The summed E-state index contributed by atoms with van der Waals surface area (Å²) in [6.07, 6.45) is 11.3. The summed E-state index contributed by atoms with van der Waals surface area (Å²) < 4.78 is 0. The van der Waals surface area contributed by atoms with Crippen molar-refractivity contribution in [1.82, 2.24) is 0 Å². The number of allylic oxidation sites excluding steroid dienone is 2. The summed E-state index contributed by atoms with van der Waals surface area (Å²) in [7, 11) is 0. The van der Waals surface area contributed by atoms with Gasteiger partial charge in [0.05, 0.1) is 0 Å². The second kappa shape index (κ2) is 5.13. The van der Waals surface area contributed by atoms with Gasteiger partial charge < -0.3 is 4.79 Å². The Hall–Kier alpha value is -0.590. The lowest BCUT2D eigenvalue weighted by atomic mass is 9.89. The van der Waals surface area contributed by atoms with E-state index in [0.717, 1.165) is 19.1 Å². The molecule has 0 saturated carbocycles. The Morgan fingerprint density at radius 1 is 1.58 bits per heavy atom. The van der Waals surface area contributed by atoms with E-state index in [1.54, 1.807) is 0 Å². The number of unbranched alkanes of at least 4 members (excludes halogenated alkanes) is 1. The Morgan fingerprint density at radius 2 is 2.42 bits per heavy atom. The number of hydrogen-bond donors (Lipinski definition) is 0. The monoisotopic (exact) mass is 166 g/mol. The van der Waals surface area contributed by atoms with Gasteiger partial charge in [0, 0.05) is 6.42 Å². The maximum Gasteiger partial charge on any atom is 0.120 e. The molecular formula is C11H18O. The fraction of sp³-hybridized carbons (Fsp3) is 0.727. The lowest BCUT2D eigenvalue weighted by Crippen LogP contribution is -2.08. The Labute approximate surface area is 74.9 Å². The molecule has 0 fully saturated rings. The van der Waals surface area contributed by atoms with Crippen LogP contribution in [-0.4, -0.2) is 6.29 Å². The minimum Gasteiger partial charge on any atom is -0.303 e. The fourth-order valence-corrected chi connectivity index (χ4v) is 1.93. The van der Waals surface area contributed by atoms with Crippen molar-refractivity contribution < 1.29 is 4.79 Å². The largest absolute Gasteiger partial charge is 0.303 e. The van der Waals surface area contributed by atoms with Crippen molar-refractivity contribution in [1.29, 1.82) is 0 Å². The van der Waals surface area contributed by atoms with Gasteiger partial charge in [-0.15, -0.1) is 0 Å². The van der Waals surface area contributed by atoms with Gasteiger partial charge in [-0.3, -0.25) is 0 Å². The normalized spacial score (nSPS) is 27.8. The SMILES string of the molecule is CCCC[C@@H]1C=CC[C@@H]1CC=O. The van der Waals surface area contributed by atoms with Crippen LogP contribution in [0.5, 0.6) is 0 Å². The van der Waals surface area contributed by atoms with Gasteiger partial charge in [-0.05, 0) is 24.7 Å². The first-order valence-corrected chi connectivity index (χ1v) is 4.98. The van der Waals surface area contributed by atoms with Gasteiger partial charge in [-0.1, -0.05) is 31.9 Å². The molecule has 0 aromatic carbocycles. The number of carbonyl (C=O) groups is 1. The van der Waals surface area contributed by atoms with Crippen molar-refractivity contribution in [3.8, 4) is 0 Å². The van der Waals surface area contributed by atoms with E-state index in [4.69, 9.17) is 0 Å². The summed E-state index contributed by atoms with van der Waals surface area (Å²) in [5, 5.41) is 0. The Morgan fingerprint density at radius 3 is 3.08 bits per heavy atom. The molecule has 0 saturated heterocycles. The van der Waals surface area contributed by atoms with Crippen LogP contribution >= 0.6 is 0 Å². The molecule has 1 aliphatic carbocycles. The van der Waals surface area contributed by atoms with Gasteiger partial charge in [0.1, 0.15) is 6.29 Å². The van der Waals surface area contributed by atoms with Crippen molar-refractivity contribution in [2.45, 2.75) is 39.0 Å². The average molecular weight is 166 g/mol. The first kappa shape index (κ1) is 9.50. The van der Waals surface area contributed by atoms with Gasteiger partial charge >= 0.3 is 0 Å². The molecule has 12 heavy (non-hydrogen) atoms. The predicted molar refractivity (Wildman–Crippen MR) is 50.9 cm³/mol. The maximum absolute atomic E-state index is 10.4. The minimum atomic E-state index is 0.619. The molecule has 0 N–H and O–H groups in total. The highest BCUT2D eigenvalue weighted by atomic mass is 16.1. The number of hydrogen-bond acceptors (Lipinski definition) is 1. The molecular weight excluding hydrogens is 148 g/mol. The first-order valence-electron chi connectivity index (χ1n) is 4.98. The summed E-state index contributed by atoms with van der Waals surface area (Å²) in [5.74, 6) is 1.31. The number of rotatable bonds is 5. The molecule has 0 aliphatic heterocycles. The molecule has 0 aromatic heterocycles. The number of carbonyl (C=O) groups excluding carboxylic acids is 1. The van der Waals surface area contributed by atoms with E-state index in [0.29, 0.717) is 11.8 Å². The van der Waals surface area contributed by atoms with Crippen LogP contribution in [0.4, 0.5) is 0 Å². The lowest BCUT2D eigenvalue weighted by molar-refractivity contribution is -0.108. The molecule has 0 heterocycles. The minimum absolute atomic E-state index is 0.619.